The minimum atomic E-state index is -1.48. The van der Waals surface area contributed by atoms with E-state index < -0.39 is 29.9 Å². The molecule has 2 N–H and O–H groups in total. The van der Waals surface area contributed by atoms with Crippen LogP contribution in [0.15, 0.2) is 30.3 Å². The van der Waals surface area contributed by atoms with E-state index in [-0.39, 0.29) is 12.3 Å². The van der Waals surface area contributed by atoms with Crippen LogP contribution < -0.4 is 0 Å². The Balaban J connectivity index is 2.14. The summed E-state index contributed by atoms with van der Waals surface area (Å²) in [5.74, 6) is -1.94. The summed E-state index contributed by atoms with van der Waals surface area (Å²) >= 11 is 0. The van der Waals surface area contributed by atoms with Crippen molar-refractivity contribution in [3.63, 3.8) is 0 Å². The Hall–Kier alpha value is -2.93. The summed E-state index contributed by atoms with van der Waals surface area (Å²) in [7, 11) is 0. The largest absolute Gasteiger partial charge is 0.462 e. The monoisotopic (exact) mass is 373 g/mol. The minimum Gasteiger partial charge on any atom is -0.462 e. The Morgan fingerprint density at radius 2 is 1.78 bits per heavy atom. The third-order valence-corrected chi connectivity index (χ3v) is 4.16. The molecule has 0 saturated carbocycles. The van der Waals surface area contributed by atoms with E-state index in [4.69, 9.17) is 9.47 Å². The first-order valence-corrected chi connectivity index (χ1v) is 8.61. The topological polar surface area (TPSA) is 106 Å². The molecule has 0 spiro atoms. The van der Waals surface area contributed by atoms with Crippen LogP contribution in [0.25, 0.3) is 0 Å². The van der Waals surface area contributed by atoms with Crippen molar-refractivity contribution in [1.29, 1.82) is 0 Å². The zero-order chi connectivity index (χ0) is 20.1. The van der Waals surface area contributed by atoms with Crippen molar-refractivity contribution in [3.8, 4) is 0 Å². The van der Waals surface area contributed by atoms with Crippen molar-refractivity contribution >= 4 is 17.7 Å². The molecule has 0 bridgehead atoms. The summed E-state index contributed by atoms with van der Waals surface area (Å²) in [5, 5.41) is 10.1. The zero-order valence-electron chi connectivity index (χ0n) is 15.7. The molecule has 0 fully saturated rings. The predicted octanol–water partition coefficient (Wildman–Crippen LogP) is 2.66. The highest BCUT2D eigenvalue weighted by Gasteiger charge is 2.29. The summed E-state index contributed by atoms with van der Waals surface area (Å²) < 4.78 is 10.1. The van der Waals surface area contributed by atoms with Crippen LogP contribution in [-0.2, 0) is 14.3 Å². The fraction of sp³-hybridized carbons (Fsp3) is 0.350. The highest BCUT2D eigenvalue weighted by Crippen LogP contribution is 2.22. The van der Waals surface area contributed by atoms with Crippen molar-refractivity contribution in [2.24, 2.45) is 0 Å². The van der Waals surface area contributed by atoms with Gasteiger partial charge < -0.3 is 19.6 Å². The summed E-state index contributed by atoms with van der Waals surface area (Å²) in [6.45, 7) is 6.61. The zero-order valence-corrected chi connectivity index (χ0v) is 15.7. The van der Waals surface area contributed by atoms with Gasteiger partial charge in [-0.05, 0) is 38.8 Å². The lowest BCUT2D eigenvalue weighted by Crippen LogP contribution is -2.28. The molecular weight excluding hydrogens is 350 g/mol. The van der Waals surface area contributed by atoms with Crippen LogP contribution in [0.3, 0.4) is 0 Å². The standard InChI is InChI=1S/C20H23NO6/c1-5-26-19(24)15-11(2)16(21-12(15)3)17(22)13(4)27-20(25)18(23)14-9-7-6-8-10-14/h6-10,13,18,21,23H,5H2,1-4H3/t13-,18+/m1/s1. The van der Waals surface area contributed by atoms with Crippen molar-refractivity contribution in [2.75, 3.05) is 6.61 Å². The fourth-order valence-electron chi connectivity index (χ4n) is 2.77. The first kappa shape index (κ1) is 20.4. The van der Waals surface area contributed by atoms with E-state index in [9.17, 15) is 19.5 Å². The molecule has 0 amide bonds. The van der Waals surface area contributed by atoms with Gasteiger partial charge in [0.25, 0.3) is 0 Å². The first-order valence-electron chi connectivity index (χ1n) is 8.61. The summed E-state index contributed by atoms with van der Waals surface area (Å²) in [6.07, 6.45) is -2.62. The summed E-state index contributed by atoms with van der Waals surface area (Å²) in [5.41, 5.74) is 1.77. The van der Waals surface area contributed by atoms with Crippen LogP contribution in [0.5, 0.6) is 0 Å². The average molecular weight is 373 g/mol. The number of nitrogens with one attached hydrogen (secondary N) is 1. The number of aliphatic hydroxyl groups excluding tert-OH is 1. The number of carbonyl (C=O) groups is 3. The van der Waals surface area contributed by atoms with Crippen LogP contribution in [0.4, 0.5) is 0 Å². The smallest absolute Gasteiger partial charge is 0.340 e. The number of carbonyl (C=O) groups excluding carboxylic acids is 3. The van der Waals surface area contributed by atoms with Gasteiger partial charge in [0.15, 0.2) is 12.2 Å². The molecule has 0 radical (unpaired) electrons. The van der Waals surface area contributed by atoms with Crippen LogP contribution >= 0.6 is 0 Å². The maximum absolute atomic E-state index is 12.7. The van der Waals surface area contributed by atoms with Crippen LogP contribution in [-0.4, -0.2) is 40.5 Å². The number of Topliss-reactive ketones (excluding diaryl/α,β-unsaturated/α-hetero) is 1. The molecule has 0 aliphatic heterocycles. The third-order valence-electron chi connectivity index (χ3n) is 4.16. The number of hydrogen-bond acceptors (Lipinski definition) is 6. The Morgan fingerprint density at radius 1 is 1.15 bits per heavy atom. The Bertz CT molecular complexity index is 840. The molecule has 7 nitrogen and oxygen atoms in total. The number of rotatable bonds is 7. The minimum absolute atomic E-state index is 0.171. The van der Waals surface area contributed by atoms with Crippen molar-refractivity contribution in [3.05, 3.63) is 58.4 Å². The Morgan fingerprint density at radius 3 is 2.37 bits per heavy atom. The molecule has 27 heavy (non-hydrogen) atoms. The van der Waals surface area contributed by atoms with E-state index >= 15 is 0 Å². The molecule has 1 aromatic carbocycles. The number of hydrogen-bond donors (Lipinski definition) is 2. The first-order chi connectivity index (χ1) is 12.8. The van der Waals surface area contributed by atoms with Gasteiger partial charge in [0.2, 0.25) is 5.78 Å². The fourth-order valence-corrected chi connectivity index (χ4v) is 2.77. The second kappa shape index (κ2) is 8.64. The van der Waals surface area contributed by atoms with Gasteiger partial charge in [0.05, 0.1) is 17.9 Å². The molecule has 1 heterocycles. The third kappa shape index (κ3) is 4.43. The number of ketones is 1. The quantitative estimate of drug-likeness (QED) is 0.571. The number of esters is 2. The van der Waals surface area contributed by atoms with Crippen LogP contribution in [0.1, 0.15) is 57.6 Å². The highest BCUT2D eigenvalue weighted by molar-refractivity contribution is 6.04. The second-order valence-corrected chi connectivity index (χ2v) is 6.10. The number of ether oxygens (including phenoxy) is 2. The lowest BCUT2D eigenvalue weighted by molar-refractivity contribution is -0.156. The van der Waals surface area contributed by atoms with E-state index in [0.717, 1.165) is 0 Å². The van der Waals surface area contributed by atoms with Crippen molar-refractivity contribution in [1.82, 2.24) is 4.98 Å². The molecule has 144 valence electrons. The van der Waals surface area contributed by atoms with Gasteiger partial charge >= 0.3 is 11.9 Å². The van der Waals surface area contributed by atoms with Gasteiger partial charge in [-0.15, -0.1) is 0 Å². The van der Waals surface area contributed by atoms with Gasteiger partial charge in [-0.3, -0.25) is 4.79 Å². The molecule has 2 rings (SSSR count). The van der Waals surface area contributed by atoms with E-state index in [1.165, 1.54) is 6.92 Å². The number of aryl methyl sites for hydroxylation is 1. The molecule has 0 aliphatic rings. The molecule has 0 aliphatic carbocycles. The van der Waals surface area contributed by atoms with Gasteiger partial charge in [-0.25, -0.2) is 9.59 Å². The van der Waals surface area contributed by atoms with Crippen LogP contribution in [0, 0.1) is 13.8 Å². The number of aromatic amines is 1. The molecule has 2 atom stereocenters. The lowest BCUT2D eigenvalue weighted by atomic mass is 10.1. The molecule has 1 aromatic heterocycles. The summed E-state index contributed by atoms with van der Waals surface area (Å²) in [4.78, 5) is 39.7. The van der Waals surface area contributed by atoms with Gasteiger partial charge in [-0.1, -0.05) is 30.3 Å². The van der Waals surface area contributed by atoms with E-state index in [2.05, 4.69) is 4.98 Å². The number of H-pyrrole nitrogens is 1. The van der Waals surface area contributed by atoms with Crippen molar-refractivity contribution in [2.45, 2.75) is 39.9 Å². The SMILES string of the molecule is CCOC(=O)c1c(C)[nH]c(C(=O)[C@@H](C)OC(=O)[C@@H](O)c2ccccc2)c1C. The maximum Gasteiger partial charge on any atom is 0.340 e. The van der Waals surface area contributed by atoms with E-state index in [1.807, 2.05) is 0 Å². The van der Waals surface area contributed by atoms with Gasteiger partial charge in [0, 0.05) is 5.69 Å². The van der Waals surface area contributed by atoms with E-state index in [1.54, 1.807) is 51.1 Å². The molecule has 0 saturated heterocycles. The van der Waals surface area contributed by atoms with E-state index in [0.29, 0.717) is 22.4 Å². The number of benzene rings is 1. The van der Waals surface area contributed by atoms with Gasteiger partial charge in [-0.2, -0.15) is 0 Å². The average Bonchev–Trinajstić information content (AvgIpc) is 2.95. The maximum atomic E-state index is 12.7. The Kier molecular flexibility index (Phi) is 6.52. The van der Waals surface area contributed by atoms with Crippen LogP contribution in [0.2, 0.25) is 0 Å². The molecule has 0 unspecified atom stereocenters. The lowest BCUT2D eigenvalue weighted by Gasteiger charge is -2.15. The molecule has 2 aromatic rings. The molecule has 7 heteroatoms. The highest BCUT2D eigenvalue weighted by atomic mass is 16.6. The number of aromatic nitrogens is 1. The normalized spacial score (nSPS) is 12.9. The predicted molar refractivity (Wildman–Crippen MR) is 97.5 cm³/mol. The second-order valence-electron chi connectivity index (χ2n) is 6.10. The molecular formula is C20H23NO6. The van der Waals surface area contributed by atoms with Gasteiger partial charge in [0.1, 0.15) is 0 Å². The Labute approximate surface area is 157 Å². The summed E-state index contributed by atoms with van der Waals surface area (Å²) in [6, 6.07) is 8.29. The number of aliphatic hydroxyl groups is 1. The van der Waals surface area contributed by atoms with Crippen molar-refractivity contribution < 1.29 is 29.0 Å².